The molecule has 3 nitrogen and oxygen atoms in total. The molecule has 0 radical (unpaired) electrons. The quantitative estimate of drug-likeness (QED) is 0.835. The summed E-state index contributed by atoms with van der Waals surface area (Å²) >= 11 is 0. The van der Waals surface area contributed by atoms with E-state index in [2.05, 4.69) is 6.92 Å². The van der Waals surface area contributed by atoms with Crippen LogP contribution in [0.2, 0.25) is 0 Å². The molecule has 0 bridgehead atoms. The third-order valence-electron chi connectivity index (χ3n) is 4.19. The molecule has 0 atom stereocenters. The lowest BCUT2D eigenvalue weighted by Crippen LogP contribution is -2.39. The molecule has 0 unspecified atom stereocenters. The number of rotatable bonds is 3. The van der Waals surface area contributed by atoms with Gasteiger partial charge < -0.3 is 9.64 Å². The van der Waals surface area contributed by atoms with E-state index in [1.54, 1.807) is 7.11 Å². The van der Waals surface area contributed by atoms with Crippen molar-refractivity contribution in [2.24, 2.45) is 5.92 Å². The first kappa shape index (κ1) is 13.9. The molecule has 104 valence electrons. The van der Waals surface area contributed by atoms with Gasteiger partial charge in [0.05, 0.1) is 12.7 Å². The van der Waals surface area contributed by atoms with Crippen molar-refractivity contribution in [1.29, 1.82) is 0 Å². The minimum Gasteiger partial charge on any atom is -0.496 e. The highest BCUT2D eigenvalue weighted by Crippen LogP contribution is 2.28. The number of hydrogen-bond acceptors (Lipinski definition) is 2. The van der Waals surface area contributed by atoms with Gasteiger partial charge in [-0.25, -0.2) is 0 Å². The summed E-state index contributed by atoms with van der Waals surface area (Å²) in [5, 5.41) is 0. The van der Waals surface area contributed by atoms with Crippen molar-refractivity contribution in [2.75, 3.05) is 14.2 Å². The Morgan fingerprint density at radius 1 is 1.21 bits per heavy atom. The second-order valence-electron chi connectivity index (χ2n) is 5.53. The molecule has 1 aliphatic rings. The number of ether oxygens (including phenoxy) is 1. The molecule has 3 heteroatoms. The van der Waals surface area contributed by atoms with Crippen LogP contribution < -0.4 is 4.74 Å². The maximum atomic E-state index is 12.6. The molecule has 0 spiro atoms. The molecule has 0 N–H and O–H groups in total. The summed E-state index contributed by atoms with van der Waals surface area (Å²) in [6, 6.07) is 7.81. The van der Waals surface area contributed by atoms with E-state index in [4.69, 9.17) is 4.74 Å². The molecule has 1 amide bonds. The number of amides is 1. The molecule has 2 rings (SSSR count). The zero-order chi connectivity index (χ0) is 13.8. The van der Waals surface area contributed by atoms with Crippen LogP contribution in [0.1, 0.15) is 43.0 Å². The van der Waals surface area contributed by atoms with E-state index < -0.39 is 0 Å². The van der Waals surface area contributed by atoms with Crippen LogP contribution in [0.25, 0.3) is 0 Å². The topological polar surface area (TPSA) is 29.5 Å². The zero-order valence-corrected chi connectivity index (χ0v) is 12.1. The predicted octanol–water partition coefficient (Wildman–Crippen LogP) is 3.35. The van der Waals surface area contributed by atoms with Gasteiger partial charge in [-0.3, -0.25) is 4.79 Å². The van der Waals surface area contributed by atoms with E-state index in [1.807, 2.05) is 36.2 Å². The summed E-state index contributed by atoms with van der Waals surface area (Å²) in [6.07, 6.45) is 4.65. The number of methoxy groups -OCH3 is 1. The normalized spacial score (nSPS) is 22.9. The van der Waals surface area contributed by atoms with E-state index >= 15 is 0 Å². The van der Waals surface area contributed by atoms with Gasteiger partial charge in [-0.2, -0.15) is 0 Å². The first-order valence-corrected chi connectivity index (χ1v) is 7.03. The molecular formula is C16H23NO2. The number of benzene rings is 1. The molecule has 0 aliphatic heterocycles. The Bertz CT molecular complexity index is 436. The van der Waals surface area contributed by atoms with E-state index in [0.717, 1.165) is 18.8 Å². The van der Waals surface area contributed by atoms with E-state index in [1.165, 1.54) is 12.8 Å². The lowest BCUT2D eigenvalue weighted by molar-refractivity contribution is 0.0676. The Hall–Kier alpha value is -1.51. The van der Waals surface area contributed by atoms with Crippen molar-refractivity contribution < 1.29 is 9.53 Å². The van der Waals surface area contributed by atoms with Gasteiger partial charge >= 0.3 is 0 Å². The van der Waals surface area contributed by atoms with Crippen molar-refractivity contribution in [2.45, 2.75) is 38.6 Å². The van der Waals surface area contributed by atoms with Gasteiger partial charge in [0.1, 0.15) is 5.75 Å². The third-order valence-corrected chi connectivity index (χ3v) is 4.19. The van der Waals surface area contributed by atoms with E-state index in [9.17, 15) is 4.79 Å². The summed E-state index contributed by atoms with van der Waals surface area (Å²) in [7, 11) is 3.52. The minimum atomic E-state index is 0.0667. The molecule has 0 saturated heterocycles. The fourth-order valence-corrected chi connectivity index (χ4v) is 2.81. The summed E-state index contributed by atoms with van der Waals surface area (Å²) in [5.41, 5.74) is 0.658. The second-order valence-corrected chi connectivity index (χ2v) is 5.53. The monoisotopic (exact) mass is 261 g/mol. The van der Waals surface area contributed by atoms with Crippen LogP contribution >= 0.6 is 0 Å². The van der Waals surface area contributed by atoms with Crippen molar-refractivity contribution >= 4 is 5.91 Å². The van der Waals surface area contributed by atoms with Crippen molar-refractivity contribution in [3.05, 3.63) is 29.8 Å². The Morgan fingerprint density at radius 3 is 2.47 bits per heavy atom. The standard InChI is InChI=1S/C16H23NO2/c1-12-8-10-13(11-9-12)17(2)16(18)14-6-4-5-7-15(14)19-3/h4-7,12-13H,8-11H2,1-3H3. The van der Waals surface area contributed by atoms with Crippen molar-refractivity contribution in [1.82, 2.24) is 4.90 Å². The molecule has 0 aromatic heterocycles. The number of nitrogens with zero attached hydrogens (tertiary/aromatic N) is 1. The second kappa shape index (κ2) is 6.09. The fraction of sp³-hybridized carbons (Fsp3) is 0.562. The first-order chi connectivity index (χ1) is 9.13. The Morgan fingerprint density at radius 2 is 1.84 bits per heavy atom. The van der Waals surface area contributed by atoms with Gasteiger partial charge in [-0.15, -0.1) is 0 Å². The summed E-state index contributed by atoms with van der Waals surface area (Å²) in [5.74, 6) is 1.52. The average molecular weight is 261 g/mol. The van der Waals surface area contributed by atoms with Crippen LogP contribution in [0, 0.1) is 5.92 Å². The van der Waals surface area contributed by atoms with Crippen LogP contribution in [-0.2, 0) is 0 Å². The highest BCUT2D eigenvalue weighted by molar-refractivity contribution is 5.97. The third kappa shape index (κ3) is 3.09. The van der Waals surface area contributed by atoms with Gasteiger partial charge in [-0.1, -0.05) is 19.1 Å². The van der Waals surface area contributed by atoms with Crippen LogP contribution in [-0.4, -0.2) is 31.0 Å². The largest absolute Gasteiger partial charge is 0.496 e. The van der Waals surface area contributed by atoms with E-state index in [-0.39, 0.29) is 5.91 Å². The molecule has 1 saturated carbocycles. The molecule has 1 aliphatic carbocycles. The number of para-hydroxylation sites is 1. The Balaban J connectivity index is 2.10. The lowest BCUT2D eigenvalue weighted by Gasteiger charge is -2.33. The SMILES string of the molecule is COc1ccccc1C(=O)N(C)C1CCC(C)CC1. The van der Waals surface area contributed by atoms with Crippen LogP contribution in [0.15, 0.2) is 24.3 Å². The fourth-order valence-electron chi connectivity index (χ4n) is 2.81. The molecule has 0 heterocycles. The summed E-state index contributed by atoms with van der Waals surface area (Å²) < 4.78 is 5.27. The molecule has 1 aromatic carbocycles. The highest BCUT2D eigenvalue weighted by Gasteiger charge is 2.26. The molecule has 1 aromatic rings. The molecule has 19 heavy (non-hydrogen) atoms. The summed E-state index contributed by atoms with van der Waals surface area (Å²) in [4.78, 5) is 14.4. The smallest absolute Gasteiger partial charge is 0.257 e. The van der Waals surface area contributed by atoms with Gasteiger partial charge in [-0.05, 0) is 43.7 Å². The van der Waals surface area contributed by atoms with Gasteiger partial charge in [0.2, 0.25) is 0 Å². The minimum absolute atomic E-state index is 0.0667. The number of carbonyl (C=O) groups is 1. The molecule has 1 fully saturated rings. The number of carbonyl (C=O) groups excluding carboxylic acids is 1. The maximum Gasteiger partial charge on any atom is 0.257 e. The zero-order valence-electron chi connectivity index (χ0n) is 12.1. The average Bonchev–Trinajstić information content (AvgIpc) is 2.46. The maximum absolute atomic E-state index is 12.6. The van der Waals surface area contributed by atoms with Crippen molar-refractivity contribution in [3.63, 3.8) is 0 Å². The number of hydrogen-bond donors (Lipinski definition) is 0. The van der Waals surface area contributed by atoms with Crippen molar-refractivity contribution in [3.8, 4) is 5.75 Å². The Labute approximate surface area is 115 Å². The van der Waals surface area contributed by atoms with Crippen LogP contribution in [0.3, 0.4) is 0 Å². The predicted molar refractivity (Wildman–Crippen MR) is 76.5 cm³/mol. The van der Waals surface area contributed by atoms with Gasteiger partial charge in [0, 0.05) is 13.1 Å². The van der Waals surface area contributed by atoms with Crippen LogP contribution in [0.5, 0.6) is 5.75 Å². The van der Waals surface area contributed by atoms with Crippen LogP contribution in [0.4, 0.5) is 0 Å². The van der Waals surface area contributed by atoms with E-state index in [0.29, 0.717) is 17.4 Å². The lowest BCUT2D eigenvalue weighted by atomic mass is 9.86. The van der Waals surface area contributed by atoms with Gasteiger partial charge in [0.15, 0.2) is 0 Å². The first-order valence-electron chi connectivity index (χ1n) is 7.03. The highest BCUT2D eigenvalue weighted by atomic mass is 16.5. The Kier molecular flexibility index (Phi) is 4.46. The van der Waals surface area contributed by atoms with Gasteiger partial charge in [0.25, 0.3) is 5.91 Å². The summed E-state index contributed by atoms with van der Waals surface area (Å²) in [6.45, 7) is 2.29. The molecular weight excluding hydrogens is 238 g/mol.